The zero-order chi connectivity index (χ0) is 21.9. The summed E-state index contributed by atoms with van der Waals surface area (Å²) in [5.41, 5.74) is -0.781. The van der Waals surface area contributed by atoms with E-state index in [1.165, 1.54) is 16.6 Å². The van der Waals surface area contributed by atoms with E-state index in [4.69, 9.17) is 9.47 Å². The van der Waals surface area contributed by atoms with Crippen LogP contribution >= 0.6 is 23.1 Å². The third-order valence-electron chi connectivity index (χ3n) is 5.09. The Hall–Kier alpha value is -1.84. The van der Waals surface area contributed by atoms with Gasteiger partial charge in [-0.05, 0) is 31.2 Å². The van der Waals surface area contributed by atoms with Crippen LogP contribution in [-0.4, -0.2) is 51.6 Å². The van der Waals surface area contributed by atoms with Crippen LogP contribution in [0.1, 0.15) is 44.2 Å². The molecule has 7 nitrogen and oxygen atoms in total. The summed E-state index contributed by atoms with van der Waals surface area (Å²) in [6.07, 6.45) is 5.73. The van der Waals surface area contributed by atoms with Crippen molar-refractivity contribution in [3.63, 3.8) is 0 Å². The summed E-state index contributed by atoms with van der Waals surface area (Å²) < 4.78 is 12.7. The second-order valence-electron chi connectivity index (χ2n) is 7.90. The molecule has 0 saturated carbocycles. The Bertz CT molecular complexity index is 929. The van der Waals surface area contributed by atoms with E-state index in [0.29, 0.717) is 11.4 Å². The summed E-state index contributed by atoms with van der Waals surface area (Å²) in [7, 11) is 0. The molecule has 0 radical (unpaired) electrons. The fourth-order valence-corrected chi connectivity index (χ4v) is 5.61. The van der Waals surface area contributed by atoms with Crippen LogP contribution in [0.4, 0.5) is 4.79 Å². The number of esters is 1. The zero-order valence-electron chi connectivity index (χ0n) is 17.7. The van der Waals surface area contributed by atoms with Crippen LogP contribution in [0.3, 0.4) is 0 Å². The second-order valence-corrected chi connectivity index (χ2v) is 9.98. The number of nitrogens with zero attached hydrogens (tertiary/aromatic N) is 1. The van der Waals surface area contributed by atoms with Gasteiger partial charge in [-0.25, -0.2) is 9.59 Å². The van der Waals surface area contributed by atoms with Crippen molar-refractivity contribution in [2.75, 3.05) is 12.0 Å². The molecule has 9 heteroatoms. The highest BCUT2D eigenvalue weighted by molar-refractivity contribution is 7.98. The lowest BCUT2D eigenvalue weighted by atomic mass is 9.88. The highest BCUT2D eigenvalue weighted by Crippen LogP contribution is 2.40. The number of carbonyl (C=O) groups excluding carboxylic acids is 1. The van der Waals surface area contributed by atoms with Crippen molar-refractivity contribution in [3.8, 4) is 0 Å². The van der Waals surface area contributed by atoms with Crippen LogP contribution in [-0.2, 0) is 27.1 Å². The number of pyridine rings is 1. The van der Waals surface area contributed by atoms with Gasteiger partial charge in [-0.15, -0.1) is 11.3 Å². The number of hydrogen-bond acceptors (Lipinski definition) is 7. The smallest absolute Gasteiger partial charge is 0.405 e. The molecule has 0 aliphatic carbocycles. The Kier molecular flexibility index (Phi) is 6.94. The number of thiophene rings is 1. The number of unbranched alkanes of at least 4 members (excludes halogenated alkanes) is 1. The SMILES string of the molecule is CCCCc1cc2c(C[C@]3([C@H](CSC)NC(=O)O)OC(C)(C)OC3=O)nccc2s1. The minimum Gasteiger partial charge on any atom is -0.465 e. The van der Waals surface area contributed by atoms with Gasteiger partial charge in [-0.2, -0.15) is 11.8 Å². The topological polar surface area (TPSA) is 97.8 Å². The molecule has 0 spiro atoms. The maximum absolute atomic E-state index is 13.1. The summed E-state index contributed by atoms with van der Waals surface area (Å²) >= 11 is 3.16. The average Bonchev–Trinajstić information content (AvgIpc) is 3.18. The van der Waals surface area contributed by atoms with Crippen molar-refractivity contribution in [2.24, 2.45) is 0 Å². The molecule has 2 aromatic heterocycles. The second kappa shape index (κ2) is 9.11. The van der Waals surface area contributed by atoms with Crippen LogP contribution < -0.4 is 5.32 Å². The number of nitrogens with one attached hydrogen (secondary N) is 1. The largest absolute Gasteiger partial charge is 0.465 e. The number of hydrogen-bond donors (Lipinski definition) is 2. The van der Waals surface area contributed by atoms with Gasteiger partial charge < -0.3 is 19.9 Å². The third kappa shape index (κ3) is 4.73. The Balaban J connectivity index is 2.04. The fourth-order valence-electron chi connectivity index (χ4n) is 3.80. The number of fused-ring (bicyclic) bond motifs is 1. The lowest BCUT2D eigenvalue weighted by molar-refractivity contribution is -0.169. The predicted molar refractivity (Wildman–Crippen MR) is 119 cm³/mol. The van der Waals surface area contributed by atoms with Crippen LogP contribution in [0.5, 0.6) is 0 Å². The lowest BCUT2D eigenvalue weighted by Gasteiger charge is -2.33. The molecule has 3 heterocycles. The highest BCUT2D eigenvalue weighted by atomic mass is 32.2. The van der Waals surface area contributed by atoms with E-state index in [0.717, 1.165) is 29.3 Å². The molecule has 1 fully saturated rings. The molecule has 2 atom stereocenters. The van der Waals surface area contributed by atoms with Gasteiger partial charge >= 0.3 is 12.1 Å². The summed E-state index contributed by atoms with van der Waals surface area (Å²) in [6, 6.07) is 3.32. The van der Waals surface area contributed by atoms with E-state index in [9.17, 15) is 14.7 Å². The minimum absolute atomic E-state index is 0.127. The van der Waals surface area contributed by atoms with Crippen LogP contribution in [0, 0.1) is 0 Å². The van der Waals surface area contributed by atoms with E-state index in [1.807, 2.05) is 12.3 Å². The number of carbonyl (C=O) groups is 2. The summed E-state index contributed by atoms with van der Waals surface area (Å²) in [4.78, 5) is 30.4. The van der Waals surface area contributed by atoms with Crippen molar-refractivity contribution in [2.45, 2.75) is 63.9 Å². The number of cyclic esters (lactones) is 1. The molecule has 0 bridgehead atoms. The summed E-state index contributed by atoms with van der Waals surface area (Å²) in [6.45, 7) is 5.48. The molecule has 1 saturated heterocycles. The van der Waals surface area contributed by atoms with Gasteiger partial charge in [0.15, 0.2) is 5.60 Å². The molecule has 1 aliphatic rings. The van der Waals surface area contributed by atoms with Gasteiger partial charge in [0.1, 0.15) is 0 Å². The van der Waals surface area contributed by atoms with E-state index in [1.54, 1.807) is 31.4 Å². The first-order valence-electron chi connectivity index (χ1n) is 9.99. The van der Waals surface area contributed by atoms with Crippen LogP contribution in [0.25, 0.3) is 10.1 Å². The molecule has 2 N–H and O–H groups in total. The van der Waals surface area contributed by atoms with Crippen LogP contribution in [0.15, 0.2) is 18.3 Å². The van der Waals surface area contributed by atoms with Gasteiger partial charge in [-0.3, -0.25) is 4.98 Å². The number of carboxylic acid groups (broad SMARTS) is 1. The van der Waals surface area contributed by atoms with Crippen molar-refractivity contribution >= 4 is 45.2 Å². The molecule has 0 aromatic carbocycles. The van der Waals surface area contributed by atoms with Gasteiger partial charge in [0.05, 0.1) is 11.7 Å². The average molecular weight is 453 g/mol. The number of ether oxygens (including phenoxy) is 2. The zero-order valence-corrected chi connectivity index (χ0v) is 19.3. The van der Waals surface area contributed by atoms with Crippen molar-refractivity contribution in [3.05, 3.63) is 28.9 Å². The number of aromatic nitrogens is 1. The molecule has 1 aliphatic heterocycles. The molecule has 2 aromatic rings. The monoisotopic (exact) mass is 452 g/mol. The number of rotatable bonds is 9. The van der Waals surface area contributed by atoms with E-state index in [2.05, 4.69) is 23.3 Å². The van der Waals surface area contributed by atoms with E-state index >= 15 is 0 Å². The number of aryl methyl sites for hydroxylation is 1. The predicted octanol–water partition coefficient (Wildman–Crippen LogP) is 4.23. The normalized spacial score (nSPS) is 21.5. The Labute approximate surface area is 184 Å². The van der Waals surface area contributed by atoms with Crippen LogP contribution in [0.2, 0.25) is 0 Å². The summed E-state index contributed by atoms with van der Waals surface area (Å²) in [5.74, 6) is -1.36. The molecule has 164 valence electrons. The van der Waals surface area contributed by atoms with Crippen molar-refractivity contribution in [1.82, 2.24) is 10.3 Å². The van der Waals surface area contributed by atoms with Gasteiger partial charge in [0, 0.05) is 47.2 Å². The third-order valence-corrected chi connectivity index (χ3v) is 6.92. The molecule has 30 heavy (non-hydrogen) atoms. The molecule has 0 unspecified atom stereocenters. The van der Waals surface area contributed by atoms with Gasteiger partial charge in [0.2, 0.25) is 5.79 Å². The molecular formula is C21H28N2O5S2. The molecular weight excluding hydrogens is 424 g/mol. The Morgan fingerprint density at radius 3 is 2.80 bits per heavy atom. The standard InChI is InChI=1S/C21H28N2O5S2/c1-5-6-7-13-10-14-15(22-9-8-16(14)30-13)11-21(17(12-29-4)23-19(25)26)18(24)27-20(2,3)28-21/h8-10,17,23H,5-7,11-12H2,1-4H3,(H,25,26)/t17-,21+/m0/s1. The first kappa shape index (κ1) is 22.8. The van der Waals surface area contributed by atoms with E-state index in [-0.39, 0.29) is 6.42 Å². The van der Waals surface area contributed by atoms with Crippen molar-refractivity contribution in [1.29, 1.82) is 0 Å². The van der Waals surface area contributed by atoms with Gasteiger partial charge in [-0.1, -0.05) is 13.3 Å². The fraction of sp³-hybridized carbons (Fsp3) is 0.571. The quantitative estimate of drug-likeness (QED) is 0.550. The minimum atomic E-state index is -1.49. The Morgan fingerprint density at radius 1 is 1.43 bits per heavy atom. The molecule has 1 amide bonds. The maximum Gasteiger partial charge on any atom is 0.405 e. The van der Waals surface area contributed by atoms with E-state index < -0.39 is 29.5 Å². The number of thioether (sulfide) groups is 1. The van der Waals surface area contributed by atoms with Crippen molar-refractivity contribution < 1.29 is 24.2 Å². The highest BCUT2D eigenvalue weighted by Gasteiger charge is 2.59. The van der Waals surface area contributed by atoms with Gasteiger partial charge in [0.25, 0.3) is 0 Å². The first-order chi connectivity index (χ1) is 14.2. The summed E-state index contributed by atoms with van der Waals surface area (Å²) in [5, 5.41) is 12.8. The maximum atomic E-state index is 13.1. The lowest BCUT2D eigenvalue weighted by Crippen LogP contribution is -2.59. The molecule has 3 rings (SSSR count). The Morgan fingerprint density at radius 2 is 2.20 bits per heavy atom. The first-order valence-corrected chi connectivity index (χ1v) is 12.2. The number of amides is 1.